The first-order valence-corrected chi connectivity index (χ1v) is 3.75. The summed E-state index contributed by atoms with van der Waals surface area (Å²) in [4.78, 5) is 24.3. The highest BCUT2D eigenvalue weighted by Gasteiger charge is 2.08. The summed E-state index contributed by atoms with van der Waals surface area (Å²) in [5, 5.41) is 3.87. The van der Waals surface area contributed by atoms with Crippen molar-refractivity contribution in [2.75, 3.05) is 0 Å². The molecule has 0 aliphatic heterocycles. The minimum absolute atomic E-state index is 0.236. The zero-order chi connectivity index (χ0) is 9.42. The van der Waals surface area contributed by atoms with E-state index in [0.29, 0.717) is 22.9 Å². The van der Waals surface area contributed by atoms with E-state index in [1.54, 1.807) is 6.92 Å². The quantitative estimate of drug-likeness (QED) is 0.630. The maximum absolute atomic E-state index is 11.3. The van der Waals surface area contributed by atoms with E-state index >= 15 is 0 Å². The second-order valence-electron chi connectivity index (χ2n) is 2.74. The van der Waals surface area contributed by atoms with Crippen LogP contribution in [0.4, 0.5) is 0 Å². The highest BCUT2D eigenvalue weighted by molar-refractivity contribution is 5.81. The van der Waals surface area contributed by atoms with E-state index in [1.807, 2.05) is 0 Å². The van der Waals surface area contributed by atoms with Gasteiger partial charge in [-0.2, -0.15) is 5.10 Å². The maximum atomic E-state index is 11.3. The first kappa shape index (κ1) is 7.72. The van der Waals surface area contributed by atoms with Crippen LogP contribution in [0.15, 0.2) is 17.3 Å². The summed E-state index contributed by atoms with van der Waals surface area (Å²) in [5.41, 5.74) is 1.33. The van der Waals surface area contributed by atoms with Crippen molar-refractivity contribution in [3.05, 3.63) is 34.0 Å². The van der Waals surface area contributed by atoms with Crippen molar-refractivity contribution in [2.24, 2.45) is 0 Å². The summed E-state index contributed by atoms with van der Waals surface area (Å²) in [6.45, 7) is 1.72. The van der Waals surface area contributed by atoms with E-state index in [9.17, 15) is 9.59 Å². The molecule has 0 spiro atoms. The summed E-state index contributed by atoms with van der Waals surface area (Å²) < 4.78 is 1.40. The Hall–Kier alpha value is -1.91. The van der Waals surface area contributed by atoms with Crippen molar-refractivity contribution in [2.45, 2.75) is 6.92 Å². The van der Waals surface area contributed by atoms with Gasteiger partial charge in [0, 0.05) is 11.8 Å². The van der Waals surface area contributed by atoms with E-state index in [4.69, 9.17) is 0 Å². The van der Waals surface area contributed by atoms with Crippen LogP contribution in [0.25, 0.3) is 5.52 Å². The first-order chi connectivity index (χ1) is 6.24. The Labute approximate surface area is 73.0 Å². The summed E-state index contributed by atoms with van der Waals surface area (Å²) in [6, 6.07) is 0. The van der Waals surface area contributed by atoms with E-state index < -0.39 is 0 Å². The number of H-pyrrole nitrogens is 1. The minimum atomic E-state index is -0.236. The molecule has 13 heavy (non-hydrogen) atoms. The number of aldehydes is 1. The Bertz CT molecular complexity index is 524. The first-order valence-electron chi connectivity index (χ1n) is 3.75. The third-order valence-electron chi connectivity index (χ3n) is 2.00. The zero-order valence-electron chi connectivity index (χ0n) is 6.94. The van der Waals surface area contributed by atoms with E-state index in [0.717, 1.165) is 0 Å². The number of hydrogen-bond donors (Lipinski definition) is 1. The molecule has 0 amide bonds. The monoisotopic (exact) mass is 177 g/mol. The topological polar surface area (TPSA) is 67.2 Å². The van der Waals surface area contributed by atoms with Gasteiger partial charge in [-0.25, -0.2) is 4.52 Å². The number of hydrogen-bond acceptors (Lipinski definition) is 3. The molecule has 2 aromatic heterocycles. The van der Waals surface area contributed by atoms with Crippen LogP contribution in [0.3, 0.4) is 0 Å². The van der Waals surface area contributed by atoms with Gasteiger partial charge in [0.2, 0.25) is 0 Å². The van der Waals surface area contributed by atoms with Gasteiger partial charge in [0.05, 0.1) is 0 Å². The second-order valence-corrected chi connectivity index (χ2v) is 2.74. The van der Waals surface area contributed by atoms with Crippen LogP contribution in [0.5, 0.6) is 0 Å². The molecule has 66 valence electrons. The SMILES string of the molecule is Cc1c(C=O)cn2nc[nH]c(=O)c12. The molecule has 5 heteroatoms. The lowest BCUT2D eigenvalue weighted by Gasteiger charge is -1.90. The Morgan fingerprint density at radius 3 is 3.00 bits per heavy atom. The van der Waals surface area contributed by atoms with Crippen LogP contribution >= 0.6 is 0 Å². The van der Waals surface area contributed by atoms with Crippen molar-refractivity contribution in [3.63, 3.8) is 0 Å². The number of aromatic amines is 1. The number of aryl methyl sites for hydroxylation is 1. The van der Waals surface area contributed by atoms with Gasteiger partial charge in [-0.1, -0.05) is 0 Å². The molecule has 1 N–H and O–H groups in total. The number of carbonyl (C=O) groups excluding carboxylic acids is 1. The summed E-state index contributed by atoms with van der Waals surface area (Å²) in [6.07, 6.45) is 3.54. The highest BCUT2D eigenvalue weighted by Crippen LogP contribution is 2.09. The molecule has 0 saturated heterocycles. The molecule has 0 aliphatic rings. The number of fused-ring (bicyclic) bond motifs is 1. The van der Waals surface area contributed by atoms with Crippen LogP contribution in [0.2, 0.25) is 0 Å². The number of carbonyl (C=O) groups is 1. The van der Waals surface area contributed by atoms with Gasteiger partial charge in [-0.05, 0) is 12.5 Å². The van der Waals surface area contributed by atoms with Crippen molar-refractivity contribution in [1.82, 2.24) is 14.6 Å². The van der Waals surface area contributed by atoms with Gasteiger partial charge in [0.25, 0.3) is 5.56 Å². The smallest absolute Gasteiger partial charge is 0.275 e. The predicted molar refractivity (Wildman–Crippen MR) is 45.9 cm³/mol. The standard InChI is InChI=1S/C8H7N3O2/c1-5-6(3-12)2-11-7(5)8(13)9-4-10-11/h2-4H,1H3,(H,9,10,13). The Balaban J connectivity index is 3.01. The number of aromatic nitrogens is 3. The molecule has 2 rings (SSSR count). The molecule has 0 atom stereocenters. The Kier molecular flexibility index (Phi) is 1.51. The van der Waals surface area contributed by atoms with Gasteiger partial charge >= 0.3 is 0 Å². The summed E-state index contributed by atoms with van der Waals surface area (Å²) >= 11 is 0. The lowest BCUT2D eigenvalue weighted by molar-refractivity contribution is 0.112. The van der Waals surface area contributed by atoms with Gasteiger partial charge in [0.15, 0.2) is 6.29 Å². The van der Waals surface area contributed by atoms with Crippen molar-refractivity contribution in [3.8, 4) is 0 Å². The van der Waals surface area contributed by atoms with E-state index in [-0.39, 0.29) is 5.56 Å². The third kappa shape index (κ3) is 0.970. The lowest BCUT2D eigenvalue weighted by Crippen LogP contribution is -2.10. The van der Waals surface area contributed by atoms with Gasteiger partial charge in [0.1, 0.15) is 11.8 Å². The number of nitrogens with zero attached hydrogens (tertiary/aromatic N) is 2. The van der Waals surface area contributed by atoms with E-state index in [2.05, 4.69) is 10.1 Å². The average molecular weight is 177 g/mol. The fourth-order valence-corrected chi connectivity index (χ4v) is 1.30. The molecular formula is C8H7N3O2. The molecule has 5 nitrogen and oxygen atoms in total. The number of nitrogens with one attached hydrogen (secondary N) is 1. The largest absolute Gasteiger partial charge is 0.310 e. The molecule has 0 saturated carbocycles. The Morgan fingerprint density at radius 2 is 2.38 bits per heavy atom. The molecular weight excluding hydrogens is 170 g/mol. The normalized spacial score (nSPS) is 10.5. The van der Waals surface area contributed by atoms with Crippen LogP contribution in [0, 0.1) is 6.92 Å². The van der Waals surface area contributed by atoms with Crippen LogP contribution in [-0.2, 0) is 0 Å². The van der Waals surface area contributed by atoms with Crippen LogP contribution in [-0.4, -0.2) is 20.9 Å². The summed E-state index contributed by atoms with van der Waals surface area (Å²) in [5.74, 6) is 0. The second kappa shape index (κ2) is 2.55. The maximum Gasteiger partial charge on any atom is 0.275 e. The molecule has 2 aromatic rings. The third-order valence-corrected chi connectivity index (χ3v) is 2.00. The molecule has 0 aromatic carbocycles. The fraction of sp³-hybridized carbons (Fsp3) is 0.125. The molecule has 0 aliphatic carbocycles. The van der Waals surface area contributed by atoms with Crippen LogP contribution < -0.4 is 5.56 Å². The van der Waals surface area contributed by atoms with Gasteiger partial charge in [-0.15, -0.1) is 0 Å². The van der Waals surface area contributed by atoms with Crippen LogP contribution in [0.1, 0.15) is 15.9 Å². The van der Waals surface area contributed by atoms with Gasteiger partial charge in [-0.3, -0.25) is 9.59 Å². The lowest BCUT2D eigenvalue weighted by atomic mass is 10.2. The zero-order valence-corrected chi connectivity index (χ0v) is 6.94. The minimum Gasteiger partial charge on any atom is -0.310 e. The van der Waals surface area contributed by atoms with Crippen molar-refractivity contribution >= 4 is 11.8 Å². The molecule has 0 unspecified atom stereocenters. The van der Waals surface area contributed by atoms with Crippen molar-refractivity contribution < 1.29 is 4.79 Å². The predicted octanol–water partition coefficient (Wildman–Crippen LogP) is 0.144. The molecule has 0 bridgehead atoms. The highest BCUT2D eigenvalue weighted by atomic mass is 16.1. The van der Waals surface area contributed by atoms with Crippen molar-refractivity contribution in [1.29, 1.82) is 0 Å². The summed E-state index contributed by atoms with van der Waals surface area (Å²) in [7, 11) is 0. The Morgan fingerprint density at radius 1 is 1.62 bits per heavy atom. The molecule has 0 fully saturated rings. The molecule has 2 heterocycles. The average Bonchev–Trinajstić information content (AvgIpc) is 2.44. The molecule has 0 radical (unpaired) electrons. The fourth-order valence-electron chi connectivity index (χ4n) is 1.30. The van der Waals surface area contributed by atoms with Gasteiger partial charge < -0.3 is 4.98 Å². The number of rotatable bonds is 1. The van der Waals surface area contributed by atoms with E-state index in [1.165, 1.54) is 17.0 Å².